The predicted molar refractivity (Wildman–Crippen MR) is 51.1 cm³/mol. The quantitative estimate of drug-likeness (QED) is 0.529. The Kier molecular flexibility index (Phi) is 0.804. The molecule has 7 atom stereocenters. The van der Waals surface area contributed by atoms with Gasteiger partial charge in [0.2, 0.25) is 0 Å². The zero-order chi connectivity index (χ0) is 8.21. The first-order valence-corrected chi connectivity index (χ1v) is 6.37. The van der Waals surface area contributed by atoms with E-state index in [2.05, 4.69) is 0 Å². The summed E-state index contributed by atoms with van der Waals surface area (Å²) in [4.78, 5) is 0. The van der Waals surface area contributed by atoms with E-state index in [4.69, 9.17) is 0 Å². The summed E-state index contributed by atoms with van der Waals surface area (Å²) in [5.74, 6) is 7.38. The number of hydrogen-bond donors (Lipinski definition) is 0. The van der Waals surface area contributed by atoms with Crippen LogP contribution in [0.25, 0.3) is 0 Å². The third-order valence-electron chi connectivity index (χ3n) is 6.90. The van der Waals surface area contributed by atoms with Gasteiger partial charge in [0.05, 0.1) is 0 Å². The first-order valence-electron chi connectivity index (χ1n) is 6.37. The van der Waals surface area contributed by atoms with Crippen molar-refractivity contribution in [1.82, 2.24) is 0 Å². The topological polar surface area (TPSA) is 0 Å². The smallest absolute Gasteiger partial charge is 0.0261 e. The average Bonchev–Trinajstić information content (AvgIpc) is 2.47. The molecule has 7 unspecified atom stereocenters. The van der Waals surface area contributed by atoms with Gasteiger partial charge in [0.1, 0.15) is 0 Å². The van der Waals surface area contributed by atoms with Crippen LogP contribution in [0.1, 0.15) is 38.5 Å². The van der Waals surface area contributed by atoms with Crippen molar-refractivity contribution >= 4 is 0 Å². The molecule has 7 bridgehead atoms. The second-order valence-corrected chi connectivity index (χ2v) is 6.81. The van der Waals surface area contributed by atoms with E-state index < -0.39 is 0 Å². The van der Waals surface area contributed by atoms with Crippen molar-refractivity contribution in [3.63, 3.8) is 0 Å². The molecule has 1 spiro atoms. The van der Waals surface area contributed by atoms with Crippen LogP contribution in [0.4, 0.5) is 0 Å². The molecule has 0 nitrogen and oxygen atoms in total. The lowest BCUT2D eigenvalue weighted by Crippen LogP contribution is -2.53. The maximum Gasteiger partial charge on any atom is -0.0261 e. The minimum Gasteiger partial charge on any atom is -0.0496 e. The van der Waals surface area contributed by atoms with E-state index in [0.717, 1.165) is 5.41 Å². The van der Waals surface area contributed by atoms with E-state index in [1.54, 1.807) is 38.5 Å². The normalized spacial score (nSPS) is 75.7. The minimum absolute atomic E-state index is 0.936. The van der Waals surface area contributed by atoms with Gasteiger partial charge >= 0.3 is 0 Å². The molecule has 6 rings (SSSR count). The van der Waals surface area contributed by atoms with Crippen LogP contribution in [0.15, 0.2) is 0 Å². The summed E-state index contributed by atoms with van der Waals surface area (Å²) in [7, 11) is 0. The van der Waals surface area contributed by atoms with E-state index in [9.17, 15) is 0 Å². The van der Waals surface area contributed by atoms with Crippen molar-refractivity contribution in [2.45, 2.75) is 38.5 Å². The van der Waals surface area contributed by atoms with Crippen molar-refractivity contribution in [3.05, 3.63) is 0 Å². The molecule has 0 heterocycles. The van der Waals surface area contributed by atoms with Crippen molar-refractivity contribution < 1.29 is 0 Å². The molecule has 0 N–H and O–H groups in total. The van der Waals surface area contributed by atoms with Crippen LogP contribution in [-0.2, 0) is 0 Å². The summed E-state index contributed by atoms with van der Waals surface area (Å²) in [5.41, 5.74) is 0.936. The highest BCUT2D eigenvalue weighted by molar-refractivity contribution is 5.21. The van der Waals surface area contributed by atoms with Gasteiger partial charge in [-0.3, -0.25) is 0 Å². The molecule has 0 aliphatic heterocycles. The van der Waals surface area contributed by atoms with Crippen LogP contribution in [-0.4, -0.2) is 0 Å². The Hall–Kier alpha value is 0. The molecule has 0 heteroatoms. The Bertz CT molecular complexity index is 294. The van der Waals surface area contributed by atoms with Gasteiger partial charge in [-0.15, -0.1) is 0 Å². The fraction of sp³-hybridized carbons (Fsp3) is 1.00. The maximum absolute atomic E-state index is 1.68. The van der Waals surface area contributed by atoms with E-state index in [-0.39, 0.29) is 0 Å². The van der Waals surface area contributed by atoms with Crippen LogP contribution < -0.4 is 0 Å². The Morgan fingerprint density at radius 2 is 1.92 bits per heavy atom. The van der Waals surface area contributed by atoms with Crippen LogP contribution >= 0.6 is 0 Å². The summed E-state index contributed by atoms with van der Waals surface area (Å²) >= 11 is 0. The molecule has 0 radical (unpaired) electrons. The van der Waals surface area contributed by atoms with Crippen molar-refractivity contribution in [2.75, 3.05) is 0 Å². The van der Waals surface area contributed by atoms with Gasteiger partial charge < -0.3 is 0 Å². The number of rotatable bonds is 0. The molecule has 0 saturated heterocycles. The second-order valence-electron chi connectivity index (χ2n) is 6.81. The highest BCUT2D eigenvalue weighted by Crippen LogP contribution is 2.79. The summed E-state index contributed by atoms with van der Waals surface area (Å²) < 4.78 is 0. The van der Waals surface area contributed by atoms with E-state index in [1.807, 2.05) is 0 Å². The Balaban J connectivity index is 1.80. The summed E-state index contributed by atoms with van der Waals surface area (Å²) in [5, 5.41) is 0. The molecule has 6 aliphatic carbocycles. The molecule has 13 heavy (non-hydrogen) atoms. The van der Waals surface area contributed by atoms with Crippen LogP contribution in [0.2, 0.25) is 0 Å². The lowest BCUT2D eigenvalue weighted by Gasteiger charge is -2.60. The van der Waals surface area contributed by atoms with Gasteiger partial charge in [-0.05, 0) is 79.4 Å². The zero-order valence-electron chi connectivity index (χ0n) is 8.21. The average molecular weight is 174 g/mol. The molecular weight excluding hydrogens is 156 g/mol. The largest absolute Gasteiger partial charge is 0.0496 e. The second kappa shape index (κ2) is 1.61. The van der Waals surface area contributed by atoms with Gasteiger partial charge in [0, 0.05) is 0 Å². The number of fused-ring (bicyclic) bond motifs is 1. The van der Waals surface area contributed by atoms with Crippen molar-refractivity contribution in [2.24, 2.45) is 40.9 Å². The molecule has 0 aromatic heterocycles. The first-order chi connectivity index (χ1) is 6.37. The lowest BCUT2D eigenvalue weighted by atomic mass is 9.44. The predicted octanol–water partition coefficient (Wildman–Crippen LogP) is 3.08. The molecule has 6 fully saturated rings. The fourth-order valence-corrected chi connectivity index (χ4v) is 6.75. The van der Waals surface area contributed by atoms with Crippen molar-refractivity contribution in [1.29, 1.82) is 0 Å². The maximum atomic E-state index is 1.68. The SMILES string of the molecule is C1CC23CC4CC1C1CC2C(C3)C41. The molecule has 6 aliphatic rings. The highest BCUT2D eigenvalue weighted by atomic mass is 14.8. The zero-order valence-corrected chi connectivity index (χ0v) is 8.21. The fourth-order valence-electron chi connectivity index (χ4n) is 6.75. The van der Waals surface area contributed by atoms with Crippen LogP contribution in [0.3, 0.4) is 0 Å². The van der Waals surface area contributed by atoms with Gasteiger partial charge in [-0.1, -0.05) is 0 Å². The molecule has 6 saturated carbocycles. The van der Waals surface area contributed by atoms with E-state index in [0.29, 0.717) is 0 Å². The monoisotopic (exact) mass is 174 g/mol. The van der Waals surface area contributed by atoms with Gasteiger partial charge in [0.15, 0.2) is 0 Å². The van der Waals surface area contributed by atoms with Crippen LogP contribution in [0, 0.1) is 40.9 Å². The first kappa shape index (κ1) is 6.48. The van der Waals surface area contributed by atoms with Gasteiger partial charge in [-0.25, -0.2) is 0 Å². The molecule has 0 amide bonds. The highest BCUT2D eigenvalue weighted by Gasteiger charge is 2.72. The summed E-state index contributed by atoms with van der Waals surface area (Å²) in [6.07, 6.45) is 9.93. The molecule has 70 valence electrons. The minimum atomic E-state index is 0.936. The van der Waals surface area contributed by atoms with E-state index in [1.165, 1.54) is 35.5 Å². The Labute approximate surface area is 80.1 Å². The van der Waals surface area contributed by atoms with Gasteiger partial charge in [-0.2, -0.15) is 0 Å². The lowest BCUT2D eigenvalue weighted by molar-refractivity contribution is -0.117. The van der Waals surface area contributed by atoms with Gasteiger partial charge in [0.25, 0.3) is 0 Å². The Morgan fingerprint density at radius 3 is 2.92 bits per heavy atom. The molecular formula is C13H18. The summed E-state index contributed by atoms with van der Waals surface area (Å²) in [6.45, 7) is 0. The molecule has 0 aromatic carbocycles. The standard InChI is InChI=1S/C13H18/c1-2-13-5-8-3-7(1)9-4-11(13)10(6-13)12(8)9/h7-12H,1-6H2. The number of hydrogen-bond acceptors (Lipinski definition) is 0. The Morgan fingerprint density at radius 1 is 0.923 bits per heavy atom. The third-order valence-corrected chi connectivity index (χ3v) is 6.90. The van der Waals surface area contributed by atoms with E-state index >= 15 is 0 Å². The van der Waals surface area contributed by atoms with Crippen LogP contribution in [0.5, 0.6) is 0 Å². The van der Waals surface area contributed by atoms with Crippen molar-refractivity contribution in [3.8, 4) is 0 Å². The molecule has 0 aromatic rings. The summed E-state index contributed by atoms with van der Waals surface area (Å²) in [6, 6.07) is 0. The third kappa shape index (κ3) is 0.480.